The fraction of sp³-hybridized carbons (Fsp3) is 0.949. The van der Waals surface area contributed by atoms with Crippen molar-refractivity contribution in [1.29, 1.82) is 0 Å². The van der Waals surface area contributed by atoms with E-state index in [-0.39, 0.29) is 31.1 Å². The van der Waals surface area contributed by atoms with Crippen LogP contribution in [-0.4, -0.2) is 37.2 Å². The lowest BCUT2D eigenvalue weighted by Gasteiger charge is -2.18. The van der Waals surface area contributed by atoms with Crippen molar-refractivity contribution >= 4 is 17.9 Å². The first-order chi connectivity index (χ1) is 31.6. The van der Waals surface area contributed by atoms with Crippen molar-refractivity contribution in [2.75, 3.05) is 13.2 Å². The molecule has 0 N–H and O–H groups in total. The molecule has 0 saturated heterocycles. The molecule has 0 spiro atoms. The molecule has 2 atom stereocenters. The first-order valence-electron chi connectivity index (χ1n) is 29.1. The van der Waals surface area contributed by atoms with E-state index in [1.54, 1.807) is 0 Å². The number of rotatable bonds is 52. The van der Waals surface area contributed by atoms with E-state index in [1.165, 1.54) is 205 Å². The van der Waals surface area contributed by atoms with Crippen molar-refractivity contribution in [2.45, 2.75) is 330 Å². The molecule has 0 aromatic carbocycles. The van der Waals surface area contributed by atoms with E-state index in [1.807, 2.05) is 0 Å². The molecule has 0 fully saturated rings. The minimum absolute atomic E-state index is 0.0639. The van der Waals surface area contributed by atoms with Crippen molar-refractivity contribution in [1.82, 2.24) is 0 Å². The number of hydrogen-bond donors (Lipinski definition) is 0. The van der Waals surface area contributed by atoms with E-state index in [0.29, 0.717) is 19.3 Å². The summed E-state index contributed by atoms with van der Waals surface area (Å²) in [5.41, 5.74) is 0. The van der Waals surface area contributed by atoms with Crippen molar-refractivity contribution in [3.8, 4) is 0 Å². The van der Waals surface area contributed by atoms with Crippen molar-refractivity contribution in [3.05, 3.63) is 0 Å². The van der Waals surface area contributed by atoms with Gasteiger partial charge < -0.3 is 14.2 Å². The second-order valence-electron chi connectivity index (χ2n) is 21.5. The van der Waals surface area contributed by atoms with E-state index in [4.69, 9.17) is 14.2 Å². The number of hydrogen-bond acceptors (Lipinski definition) is 6. The summed E-state index contributed by atoms with van der Waals surface area (Å²) in [6.07, 6.45) is 52.3. The molecule has 0 heterocycles. The molecule has 0 aromatic rings. The van der Waals surface area contributed by atoms with Gasteiger partial charge in [-0.25, -0.2) is 0 Å². The van der Waals surface area contributed by atoms with Crippen LogP contribution in [0.5, 0.6) is 0 Å². The van der Waals surface area contributed by atoms with Crippen LogP contribution >= 0.6 is 0 Å². The number of esters is 3. The zero-order chi connectivity index (χ0) is 47.7. The highest BCUT2D eigenvalue weighted by Crippen LogP contribution is 2.19. The Morgan fingerprint density at radius 3 is 0.800 bits per heavy atom. The Hall–Kier alpha value is -1.59. The molecule has 65 heavy (non-hydrogen) atoms. The number of carbonyl (C=O) groups excluding carboxylic acids is 3. The molecule has 0 aliphatic rings. The predicted octanol–water partition coefficient (Wildman–Crippen LogP) is 19.1. The Labute approximate surface area is 406 Å². The maximum atomic E-state index is 12.8. The average molecular weight is 920 g/mol. The van der Waals surface area contributed by atoms with E-state index >= 15 is 0 Å². The second-order valence-corrected chi connectivity index (χ2v) is 21.5. The Bertz CT molecular complexity index is 1010. The molecule has 0 radical (unpaired) electrons. The largest absolute Gasteiger partial charge is 0.462 e. The van der Waals surface area contributed by atoms with Gasteiger partial charge in [-0.1, -0.05) is 286 Å². The number of carbonyl (C=O) groups is 3. The zero-order valence-corrected chi connectivity index (χ0v) is 44.8. The summed E-state index contributed by atoms with van der Waals surface area (Å²) in [6, 6.07) is 0. The summed E-state index contributed by atoms with van der Waals surface area (Å²) in [5.74, 6) is 1.69. The van der Waals surface area contributed by atoms with Gasteiger partial charge in [-0.05, 0) is 37.0 Å². The lowest BCUT2D eigenvalue weighted by atomic mass is 9.99. The van der Waals surface area contributed by atoms with Crippen LogP contribution in [0, 0.1) is 17.8 Å². The van der Waals surface area contributed by atoms with Gasteiger partial charge in [0.25, 0.3) is 0 Å². The Morgan fingerprint density at radius 1 is 0.308 bits per heavy atom. The molecule has 0 bridgehead atoms. The molecule has 0 aromatic heterocycles. The maximum Gasteiger partial charge on any atom is 0.306 e. The Balaban J connectivity index is 4.27. The normalized spacial score (nSPS) is 12.6. The fourth-order valence-electron chi connectivity index (χ4n) is 8.97. The number of unbranched alkanes of at least 4 members (excludes halogenated alkanes) is 34. The summed E-state index contributed by atoms with van der Waals surface area (Å²) < 4.78 is 16.9. The molecule has 6 heteroatoms. The minimum atomic E-state index is -0.764. The molecule has 0 amide bonds. The van der Waals surface area contributed by atoms with Crippen LogP contribution < -0.4 is 0 Å². The lowest BCUT2D eigenvalue weighted by Crippen LogP contribution is -2.30. The summed E-state index contributed by atoms with van der Waals surface area (Å²) in [6.45, 7) is 13.8. The average Bonchev–Trinajstić information content (AvgIpc) is 3.28. The molecule has 0 saturated carbocycles. The smallest absolute Gasteiger partial charge is 0.306 e. The molecular formula is C59H114O6. The van der Waals surface area contributed by atoms with Crippen LogP contribution in [0.2, 0.25) is 0 Å². The van der Waals surface area contributed by atoms with Gasteiger partial charge in [-0.15, -0.1) is 0 Å². The Morgan fingerprint density at radius 2 is 0.538 bits per heavy atom. The third-order valence-corrected chi connectivity index (χ3v) is 13.8. The summed E-state index contributed by atoms with van der Waals surface area (Å²) in [4.78, 5) is 38.1. The highest BCUT2D eigenvalue weighted by molar-refractivity contribution is 5.71. The summed E-state index contributed by atoms with van der Waals surface area (Å²) in [7, 11) is 0. The standard InChI is InChI=1S/C59H114O6/c1-7-55(6)47-41-35-29-25-26-32-38-44-50-59(62)65-56(52-64-58(61)49-43-37-31-24-20-16-12-11-14-18-22-28-34-40-46-54(4)5)51-63-57(60)48-42-36-30-23-19-15-10-8-9-13-17-21-27-33-39-45-53(2)3/h53-56H,7-52H2,1-6H3/t55?,56-/m1/s1. The van der Waals surface area contributed by atoms with Crippen LogP contribution in [0.4, 0.5) is 0 Å². The first-order valence-corrected chi connectivity index (χ1v) is 29.1. The lowest BCUT2D eigenvalue weighted by molar-refractivity contribution is -0.167. The van der Waals surface area contributed by atoms with E-state index in [0.717, 1.165) is 75.5 Å². The molecule has 386 valence electrons. The van der Waals surface area contributed by atoms with Crippen molar-refractivity contribution in [2.24, 2.45) is 17.8 Å². The third-order valence-electron chi connectivity index (χ3n) is 13.8. The minimum Gasteiger partial charge on any atom is -0.462 e. The van der Waals surface area contributed by atoms with Crippen LogP contribution in [0.15, 0.2) is 0 Å². The van der Waals surface area contributed by atoms with Crippen molar-refractivity contribution < 1.29 is 28.6 Å². The molecular weight excluding hydrogens is 805 g/mol. The van der Waals surface area contributed by atoms with Crippen molar-refractivity contribution in [3.63, 3.8) is 0 Å². The maximum absolute atomic E-state index is 12.8. The Kier molecular flexibility index (Phi) is 49.1. The topological polar surface area (TPSA) is 78.9 Å². The van der Waals surface area contributed by atoms with Gasteiger partial charge in [0, 0.05) is 19.3 Å². The molecule has 0 aliphatic carbocycles. The monoisotopic (exact) mass is 919 g/mol. The first kappa shape index (κ1) is 63.4. The fourth-order valence-corrected chi connectivity index (χ4v) is 8.97. The van der Waals surface area contributed by atoms with Crippen LogP contribution in [0.1, 0.15) is 324 Å². The zero-order valence-electron chi connectivity index (χ0n) is 44.8. The molecule has 0 rings (SSSR count). The van der Waals surface area contributed by atoms with Gasteiger partial charge in [0.05, 0.1) is 0 Å². The summed E-state index contributed by atoms with van der Waals surface area (Å²) in [5, 5.41) is 0. The summed E-state index contributed by atoms with van der Waals surface area (Å²) >= 11 is 0. The molecule has 0 aliphatic heterocycles. The van der Waals surface area contributed by atoms with E-state index in [2.05, 4.69) is 41.5 Å². The van der Waals surface area contributed by atoms with Crippen LogP contribution in [-0.2, 0) is 28.6 Å². The van der Waals surface area contributed by atoms with Crippen LogP contribution in [0.3, 0.4) is 0 Å². The third kappa shape index (κ3) is 51.6. The van der Waals surface area contributed by atoms with Gasteiger partial charge in [0.15, 0.2) is 6.10 Å². The van der Waals surface area contributed by atoms with Gasteiger partial charge in [0.2, 0.25) is 0 Å². The quantitative estimate of drug-likeness (QED) is 0.0344. The van der Waals surface area contributed by atoms with Gasteiger partial charge in [0.1, 0.15) is 13.2 Å². The highest BCUT2D eigenvalue weighted by Gasteiger charge is 2.19. The second kappa shape index (κ2) is 50.3. The SMILES string of the molecule is CCC(C)CCCCCCCCCCC(=O)O[C@H](COC(=O)CCCCCCCCCCCCCCCCCC(C)C)COC(=O)CCCCCCCCCCCCCCCCC(C)C. The van der Waals surface area contributed by atoms with Gasteiger partial charge in [-0.3, -0.25) is 14.4 Å². The highest BCUT2D eigenvalue weighted by atomic mass is 16.6. The van der Waals surface area contributed by atoms with E-state index in [9.17, 15) is 14.4 Å². The van der Waals surface area contributed by atoms with Gasteiger partial charge >= 0.3 is 17.9 Å². The van der Waals surface area contributed by atoms with E-state index < -0.39 is 6.10 Å². The van der Waals surface area contributed by atoms with Gasteiger partial charge in [-0.2, -0.15) is 0 Å². The van der Waals surface area contributed by atoms with Crippen LogP contribution in [0.25, 0.3) is 0 Å². The molecule has 1 unspecified atom stereocenters. The number of ether oxygens (including phenoxy) is 3. The predicted molar refractivity (Wildman–Crippen MR) is 279 cm³/mol. The molecule has 6 nitrogen and oxygen atoms in total.